The molecule has 1 aromatic rings. The fourth-order valence-electron chi connectivity index (χ4n) is 1.90. The van der Waals surface area contributed by atoms with Crippen LogP contribution in [0.2, 0.25) is 0 Å². The number of piperazine rings is 1. The molecule has 1 fully saturated rings. The van der Waals surface area contributed by atoms with Crippen LogP contribution in [0.3, 0.4) is 0 Å². The van der Waals surface area contributed by atoms with E-state index in [0.717, 1.165) is 11.0 Å². The van der Waals surface area contributed by atoms with Gasteiger partial charge >= 0.3 is 0 Å². The minimum atomic E-state index is 0.0497. The van der Waals surface area contributed by atoms with Gasteiger partial charge in [0.2, 0.25) is 5.91 Å². The first-order chi connectivity index (χ1) is 8.56. The summed E-state index contributed by atoms with van der Waals surface area (Å²) < 4.78 is 0.891. The van der Waals surface area contributed by atoms with Crippen LogP contribution >= 0.6 is 15.9 Å². The van der Waals surface area contributed by atoms with Gasteiger partial charge in [-0.25, -0.2) is 0 Å². The van der Waals surface area contributed by atoms with Crippen LogP contribution in [0.1, 0.15) is 10.4 Å². The Kier molecular flexibility index (Phi) is 4.14. The van der Waals surface area contributed by atoms with Crippen LogP contribution in [0.5, 0.6) is 0 Å². The first kappa shape index (κ1) is 13.2. The largest absolute Gasteiger partial charge is 0.343 e. The lowest BCUT2D eigenvalue weighted by atomic mass is 10.1. The first-order valence-electron chi connectivity index (χ1n) is 5.81. The zero-order valence-electron chi connectivity index (χ0n) is 10.2. The Morgan fingerprint density at radius 3 is 2.83 bits per heavy atom. The number of rotatable bonds is 3. The van der Waals surface area contributed by atoms with Crippen LogP contribution in [-0.2, 0) is 4.79 Å². The Hall–Kier alpha value is -1.20. The standard InChI is InChI=1S/C13H15BrN2O2/c1-15-5-6-16(9-13(15)18)8-12(17)10-3-2-4-11(14)7-10/h2-4,7H,5-6,8-9H2,1H3. The van der Waals surface area contributed by atoms with E-state index in [2.05, 4.69) is 15.9 Å². The molecule has 2 rings (SSSR count). The highest BCUT2D eigenvalue weighted by Crippen LogP contribution is 2.13. The van der Waals surface area contributed by atoms with Crippen LogP contribution in [0.25, 0.3) is 0 Å². The highest BCUT2D eigenvalue weighted by atomic mass is 79.9. The van der Waals surface area contributed by atoms with E-state index in [1.165, 1.54) is 0 Å². The van der Waals surface area contributed by atoms with Gasteiger partial charge < -0.3 is 4.90 Å². The van der Waals surface area contributed by atoms with Crippen LogP contribution in [0.15, 0.2) is 28.7 Å². The average Bonchev–Trinajstić information content (AvgIpc) is 2.34. The summed E-state index contributed by atoms with van der Waals surface area (Å²) in [5.41, 5.74) is 0.677. The van der Waals surface area contributed by atoms with Crippen LogP contribution in [0.4, 0.5) is 0 Å². The minimum absolute atomic E-state index is 0.0497. The van der Waals surface area contributed by atoms with Crippen molar-refractivity contribution in [1.29, 1.82) is 0 Å². The van der Waals surface area contributed by atoms with Gasteiger partial charge in [-0.2, -0.15) is 0 Å². The lowest BCUT2D eigenvalue weighted by Gasteiger charge is -2.31. The Balaban J connectivity index is 1.98. The van der Waals surface area contributed by atoms with Gasteiger partial charge in [-0.05, 0) is 12.1 Å². The maximum absolute atomic E-state index is 12.1. The molecule has 4 nitrogen and oxygen atoms in total. The summed E-state index contributed by atoms with van der Waals surface area (Å²) in [5, 5.41) is 0. The molecule has 1 aromatic carbocycles. The quantitative estimate of drug-likeness (QED) is 0.793. The molecule has 0 atom stereocenters. The van der Waals surface area contributed by atoms with Crippen molar-refractivity contribution < 1.29 is 9.59 Å². The Morgan fingerprint density at radius 2 is 2.17 bits per heavy atom. The number of likely N-dealkylation sites (N-methyl/N-ethyl adjacent to an activating group) is 1. The summed E-state index contributed by atoms with van der Waals surface area (Å²) in [7, 11) is 1.79. The summed E-state index contributed by atoms with van der Waals surface area (Å²) in [6.07, 6.45) is 0. The van der Waals surface area contributed by atoms with E-state index in [1.54, 1.807) is 24.1 Å². The number of benzene rings is 1. The van der Waals surface area contributed by atoms with Crippen molar-refractivity contribution in [3.63, 3.8) is 0 Å². The van der Waals surface area contributed by atoms with Crippen molar-refractivity contribution in [2.24, 2.45) is 0 Å². The molecule has 1 saturated heterocycles. The normalized spacial score (nSPS) is 17.0. The maximum atomic E-state index is 12.1. The SMILES string of the molecule is CN1CCN(CC(=O)c2cccc(Br)c2)CC1=O. The molecule has 5 heteroatoms. The van der Waals surface area contributed by atoms with Gasteiger partial charge in [-0.3, -0.25) is 14.5 Å². The molecule has 0 aromatic heterocycles. The van der Waals surface area contributed by atoms with E-state index in [-0.39, 0.29) is 11.7 Å². The highest BCUT2D eigenvalue weighted by Gasteiger charge is 2.22. The first-order valence-corrected chi connectivity index (χ1v) is 6.60. The number of Topliss-reactive ketones (excluding diaryl/α,β-unsaturated/α-hetero) is 1. The second-order valence-corrected chi connectivity index (χ2v) is 5.38. The third kappa shape index (κ3) is 3.17. The molecule has 0 aliphatic carbocycles. The number of halogens is 1. The van der Waals surface area contributed by atoms with E-state index in [1.807, 2.05) is 17.0 Å². The molecule has 0 radical (unpaired) electrons. The number of ketones is 1. The zero-order chi connectivity index (χ0) is 13.1. The monoisotopic (exact) mass is 310 g/mol. The van der Waals surface area contributed by atoms with Gasteiger partial charge in [0.15, 0.2) is 5.78 Å². The van der Waals surface area contributed by atoms with Crippen LogP contribution < -0.4 is 0 Å². The summed E-state index contributed by atoms with van der Waals surface area (Å²) in [6, 6.07) is 7.33. The van der Waals surface area contributed by atoms with E-state index in [4.69, 9.17) is 0 Å². The van der Waals surface area contributed by atoms with Crippen molar-refractivity contribution in [2.75, 3.05) is 33.2 Å². The number of carbonyl (C=O) groups is 2. The predicted octanol–water partition coefficient (Wildman–Crippen LogP) is 1.41. The Morgan fingerprint density at radius 1 is 1.39 bits per heavy atom. The van der Waals surface area contributed by atoms with Gasteiger partial charge in [0.1, 0.15) is 0 Å². The zero-order valence-corrected chi connectivity index (χ0v) is 11.8. The van der Waals surface area contributed by atoms with Crippen LogP contribution in [-0.4, -0.2) is 54.7 Å². The third-order valence-corrected chi connectivity index (χ3v) is 3.54. The lowest BCUT2D eigenvalue weighted by Crippen LogP contribution is -2.49. The molecular weight excluding hydrogens is 296 g/mol. The molecule has 1 aliphatic rings. The minimum Gasteiger partial charge on any atom is -0.343 e. The predicted molar refractivity (Wildman–Crippen MR) is 72.5 cm³/mol. The number of amides is 1. The number of hydrogen-bond acceptors (Lipinski definition) is 3. The van der Waals surface area contributed by atoms with Crippen molar-refractivity contribution in [1.82, 2.24) is 9.80 Å². The Bertz CT molecular complexity index is 476. The van der Waals surface area contributed by atoms with E-state index >= 15 is 0 Å². The molecule has 0 spiro atoms. The van der Waals surface area contributed by atoms with Crippen molar-refractivity contribution in [3.05, 3.63) is 34.3 Å². The summed E-state index contributed by atoms with van der Waals surface area (Å²) in [5.74, 6) is 0.122. The highest BCUT2D eigenvalue weighted by molar-refractivity contribution is 9.10. The molecule has 18 heavy (non-hydrogen) atoms. The lowest BCUT2D eigenvalue weighted by molar-refractivity contribution is -0.134. The molecule has 1 amide bonds. The number of nitrogens with zero attached hydrogens (tertiary/aromatic N) is 2. The molecule has 1 aliphatic heterocycles. The number of hydrogen-bond donors (Lipinski definition) is 0. The van der Waals surface area contributed by atoms with Crippen molar-refractivity contribution in [2.45, 2.75) is 0 Å². The van der Waals surface area contributed by atoms with Gasteiger partial charge in [0, 0.05) is 30.2 Å². The molecule has 0 saturated carbocycles. The third-order valence-electron chi connectivity index (χ3n) is 3.05. The summed E-state index contributed by atoms with van der Waals surface area (Å²) in [6.45, 7) is 2.07. The smallest absolute Gasteiger partial charge is 0.236 e. The van der Waals surface area contributed by atoms with Gasteiger partial charge in [-0.1, -0.05) is 28.1 Å². The molecule has 0 bridgehead atoms. The number of carbonyl (C=O) groups excluding carboxylic acids is 2. The molecule has 0 N–H and O–H groups in total. The van der Waals surface area contributed by atoms with Gasteiger partial charge in [-0.15, -0.1) is 0 Å². The second kappa shape index (κ2) is 5.63. The second-order valence-electron chi connectivity index (χ2n) is 4.46. The summed E-state index contributed by atoms with van der Waals surface area (Å²) >= 11 is 3.35. The fraction of sp³-hybridized carbons (Fsp3) is 0.385. The molecule has 96 valence electrons. The van der Waals surface area contributed by atoms with Crippen molar-refractivity contribution in [3.8, 4) is 0 Å². The average molecular weight is 311 g/mol. The van der Waals surface area contributed by atoms with E-state index in [0.29, 0.717) is 25.2 Å². The molecule has 1 heterocycles. The maximum Gasteiger partial charge on any atom is 0.236 e. The van der Waals surface area contributed by atoms with Gasteiger partial charge in [0.25, 0.3) is 0 Å². The Labute approximate surface area is 115 Å². The van der Waals surface area contributed by atoms with Crippen molar-refractivity contribution >= 4 is 27.6 Å². The van der Waals surface area contributed by atoms with E-state index in [9.17, 15) is 9.59 Å². The fourth-order valence-corrected chi connectivity index (χ4v) is 2.30. The molecule has 0 unspecified atom stereocenters. The summed E-state index contributed by atoms with van der Waals surface area (Å²) in [4.78, 5) is 27.2. The topological polar surface area (TPSA) is 40.6 Å². The molecular formula is C13H15BrN2O2. The van der Waals surface area contributed by atoms with E-state index < -0.39 is 0 Å². The van der Waals surface area contributed by atoms with Crippen LogP contribution in [0, 0.1) is 0 Å². The van der Waals surface area contributed by atoms with Gasteiger partial charge in [0.05, 0.1) is 13.1 Å².